The summed E-state index contributed by atoms with van der Waals surface area (Å²) in [5.41, 5.74) is 1.73. The number of ether oxygens (including phenoxy) is 1. The number of methoxy groups -OCH3 is 1. The number of hydrogen-bond donors (Lipinski definition) is 2. The number of rotatable bonds is 8. The van der Waals surface area contributed by atoms with E-state index in [4.69, 9.17) is 4.74 Å². The summed E-state index contributed by atoms with van der Waals surface area (Å²) >= 11 is 1.32. The molecule has 2 aromatic heterocycles. The number of thiazole rings is 1. The molecule has 178 valence electrons. The molecular formula is C24H28N6O3S. The number of amides is 3. The van der Waals surface area contributed by atoms with Crippen molar-refractivity contribution in [3.05, 3.63) is 65.3 Å². The molecule has 0 spiro atoms. The van der Waals surface area contributed by atoms with Crippen LogP contribution in [0.3, 0.4) is 0 Å². The van der Waals surface area contributed by atoms with E-state index in [1.165, 1.54) is 11.3 Å². The second-order valence-electron chi connectivity index (χ2n) is 7.86. The molecule has 4 rings (SSSR count). The standard InChI is InChI=1S/C24H28N6O3S/c1-33-20-6-4-5-18(15-20)8-10-26-22(31)16-19-17-34-23(27-19)28-24(32)30-13-11-29(12-14-30)21-7-2-3-9-25-21/h2-7,9,15,17H,8,10-14,16H2,1H3,(H,26,31)(H,27,28,32). The Bertz CT molecular complexity index is 1100. The zero-order valence-electron chi connectivity index (χ0n) is 19.1. The Morgan fingerprint density at radius 1 is 1.12 bits per heavy atom. The van der Waals surface area contributed by atoms with Crippen molar-refractivity contribution in [2.75, 3.05) is 50.1 Å². The molecule has 1 fully saturated rings. The Morgan fingerprint density at radius 2 is 1.97 bits per heavy atom. The fraction of sp³-hybridized carbons (Fsp3) is 0.333. The van der Waals surface area contributed by atoms with E-state index < -0.39 is 0 Å². The Morgan fingerprint density at radius 3 is 2.74 bits per heavy atom. The lowest BCUT2D eigenvalue weighted by molar-refractivity contribution is -0.120. The maximum atomic E-state index is 12.6. The number of urea groups is 1. The maximum Gasteiger partial charge on any atom is 0.323 e. The number of hydrogen-bond acceptors (Lipinski definition) is 7. The predicted molar refractivity (Wildman–Crippen MR) is 133 cm³/mol. The third-order valence-corrected chi connectivity index (χ3v) is 6.32. The van der Waals surface area contributed by atoms with E-state index in [0.717, 1.165) is 36.6 Å². The van der Waals surface area contributed by atoms with E-state index in [1.54, 1.807) is 23.6 Å². The minimum atomic E-state index is -0.177. The van der Waals surface area contributed by atoms with Crippen LogP contribution in [0.15, 0.2) is 54.0 Å². The van der Waals surface area contributed by atoms with Crippen molar-refractivity contribution in [3.8, 4) is 5.75 Å². The molecule has 0 unspecified atom stereocenters. The van der Waals surface area contributed by atoms with Crippen LogP contribution < -0.4 is 20.3 Å². The van der Waals surface area contributed by atoms with Crippen molar-refractivity contribution in [1.29, 1.82) is 0 Å². The molecule has 0 atom stereocenters. The van der Waals surface area contributed by atoms with Gasteiger partial charge < -0.3 is 19.9 Å². The molecule has 9 nitrogen and oxygen atoms in total. The largest absolute Gasteiger partial charge is 0.497 e. The smallest absolute Gasteiger partial charge is 0.323 e. The first-order valence-electron chi connectivity index (χ1n) is 11.2. The number of carbonyl (C=O) groups is 2. The molecule has 0 saturated carbocycles. The highest BCUT2D eigenvalue weighted by molar-refractivity contribution is 7.13. The van der Waals surface area contributed by atoms with E-state index in [1.807, 2.05) is 42.5 Å². The summed E-state index contributed by atoms with van der Waals surface area (Å²) in [6.07, 6.45) is 2.66. The Hall–Kier alpha value is -3.66. The predicted octanol–water partition coefficient (Wildman–Crippen LogP) is 2.80. The van der Waals surface area contributed by atoms with Crippen molar-refractivity contribution in [2.45, 2.75) is 12.8 Å². The topological polar surface area (TPSA) is 99.7 Å². The number of anilines is 2. The Kier molecular flexibility index (Phi) is 7.92. The second kappa shape index (κ2) is 11.5. The fourth-order valence-corrected chi connectivity index (χ4v) is 4.40. The molecule has 10 heteroatoms. The fourth-order valence-electron chi connectivity index (χ4n) is 3.70. The summed E-state index contributed by atoms with van der Waals surface area (Å²) in [6.45, 7) is 3.20. The Labute approximate surface area is 202 Å². The van der Waals surface area contributed by atoms with Gasteiger partial charge in [-0.15, -0.1) is 11.3 Å². The van der Waals surface area contributed by atoms with E-state index >= 15 is 0 Å². The molecule has 1 aliphatic rings. The first-order chi connectivity index (χ1) is 16.6. The van der Waals surface area contributed by atoms with Crippen molar-refractivity contribution in [2.24, 2.45) is 0 Å². The van der Waals surface area contributed by atoms with Gasteiger partial charge in [0.25, 0.3) is 0 Å². The van der Waals surface area contributed by atoms with E-state index in [-0.39, 0.29) is 18.4 Å². The number of nitrogens with zero attached hydrogens (tertiary/aromatic N) is 4. The molecule has 34 heavy (non-hydrogen) atoms. The number of piperazine rings is 1. The lowest BCUT2D eigenvalue weighted by Crippen LogP contribution is -2.50. The lowest BCUT2D eigenvalue weighted by Gasteiger charge is -2.35. The van der Waals surface area contributed by atoms with Gasteiger partial charge in [0.1, 0.15) is 11.6 Å². The van der Waals surface area contributed by atoms with Crippen LogP contribution in [-0.4, -0.2) is 66.6 Å². The quantitative estimate of drug-likeness (QED) is 0.514. The summed E-state index contributed by atoms with van der Waals surface area (Å²) in [4.78, 5) is 37.6. The maximum absolute atomic E-state index is 12.6. The average Bonchev–Trinajstić information content (AvgIpc) is 3.31. The van der Waals surface area contributed by atoms with E-state index in [2.05, 4.69) is 25.5 Å². The molecule has 0 aliphatic carbocycles. The minimum absolute atomic E-state index is 0.100. The van der Waals surface area contributed by atoms with Crippen molar-refractivity contribution in [3.63, 3.8) is 0 Å². The number of nitrogens with one attached hydrogen (secondary N) is 2. The van der Waals surface area contributed by atoms with Crippen molar-refractivity contribution in [1.82, 2.24) is 20.2 Å². The molecule has 1 aromatic carbocycles. The van der Waals surface area contributed by atoms with Gasteiger partial charge >= 0.3 is 6.03 Å². The van der Waals surface area contributed by atoms with Crippen LogP contribution in [-0.2, 0) is 17.6 Å². The van der Waals surface area contributed by atoms with Gasteiger partial charge in [-0.05, 0) is 36.2 Å². The summed E-state index contributed by atoms with van der Waals surface area (Å²) in [6, 6.07) is 13.4. The van der Waals surface area contributed by atoms with Gasteiger partial charge in [0, 0.05) is 44.3 Å². The number of benzene rings is 1. The molecule has 0 radical (unpaired) electrons. The van der Waals surface area contributed by atoms with Crippen LogP contribution in [0.25, 0.3) is 0 Å². The third kappa shape index (κ3) is 6.44. The first-order valence-corrected chi connectivity index (χ1v) is 12.0. The third-order valence-electron chi connectivity index (χ3n) is 5.52. The molecule has 3 heterocycles. The first kappa shape index (κ1) is 23.5. The van der Waals surface area contributed by atoms with E-state index in [0.29, 0.717) is 30.5 Å². The summed E-state index contributed by atoms with van der Waals surface area (Å²) in [5, 5.41) is 8.07. The highest BCUT2D eigenvalue weighted by Gasteiger charge is 2.22. The van der Waals surface area contributed by atoms with Crippen LogP contribution in [0.4, 0.5) is 15.7 Å². The molecule has 1 saturated heterocycles. The number of pyridine rings is 1. The molecule has 3 amide bonds. The lowest BCUT2D eigenvalue weighted by atomic mass is 10.1. The summed E-state index contributed by atoms with van der Waals surface area (Å²) < 4.78 is 5.22. The highest BCUT2D eigenvalue weighted by atomic mass is 32.1. The van der Waals surface area contributed by atoms with Gasteiger partial charge in [0.05, 0.1) is 19.2 Å². The van der Waals surface area contributed by atoms with Crippen LogP contribution in [0.5, 0.6) is 5.75 Å². The molecule has 2 N–H and O–H groups in total. The van der Waals surface area contributed by atoms with Gasteiger partial charge in [-0.2, -0.15) is 0 Å². The van der Waals surface area contributed by atoms with Crippen LogP contribution in [0.2, 0.25) is 0 Å². The second-order valence-corrected chi connectivity index (χ2v) is 8.72. The molecule has 3 aromatic rings. The van der Waals surface area contributed by atoms with Crippen LogP contribution in [0.1, 0.15) is 11.3 Å². The minimum Gasteiger partial charge on any atom is -0.497 e. The SMILES string of the molecule is COc1cccc(CCNC(=O)Cc2csc(NC(=O)N3CCN(c4ccccn4)CC3)n2)c1. The zero-order chi connectivity index (χ0) is 23.8. The summed E-state index contributed by atoms with van der Waals surface area (Å²) in [5.74, 6) is 1.63. The van der Waals surface area contributed by atoms with Crippen LogP contribution in [0, 0.1) is 0 Å². The van der Waals surface area contributed by atoms with Gasteiger partial charge in [0.2, 0.25) is 5.91 Å². The van der Waals surface area contributed by atoms with Gasteiger partial charge in [0.15, 0.2) is 5.13 Å². The highest BCUT2D eigenvalue weighted by Crippen LogP contribution is 2.18. The molecular weight excluding hydrogens is 452 g/mol. The van der Waals surface area contributed by atoms with Gasteiger partial charge in [-0.3, -0.25) is 10.1 Å². The van der Waals surface area contributed by atoms with Crippen molar-refractivity contribution < 1.29 is 14.3 Å². The number of aromatic nitrogens is 2. The normalized spacial score (nSPS) is 13.4. The monoisotopic (exact) mass is 480 g/mol. The van der Waals surface area contributed by atoms with Gasteiger partial charge in [-0.25, -0.2) is 14.8 Å². The van der Waals surface area contributed by atoms with E-state index in [9.17, 15) is 9.59 Å². The zero-order valence-corrected chi connectivity index (χ0v) is 19.9. The number of carbonyl (C=O) groups excluding carboxylic acids is 2. The molecule has 1 aliphatic heterocycles. The Balaban J connectivity index is 1.19. The van der Waals surface area contributed by atoms with Crippen molar-refractivity contribution >= 4 is 34.2 Å². The molecule has 0 bridgehead atoms. The van der Waals surface area contributed by atoms with Gasteiger partial charge in [-0.1, -0.05) is 18.2 Å². The van der Waals surface area contributed by atoms with Crippen LogP contribution >= 0.6 is 11.3 Å². The average molecular weight is 481 g/mol. The summed E-state index contributed by atoms with van der Waals surface area (Å²) in [7, 11) is 1.63.